The van der Waals surface area contributed by atoms with Crippen LogP contribution in [0, 0.1) is 17.2 Å². The molecule has 3 rings (SSSR count). The first kappa shape index (κ1) is 21.9. The third-order valence-electron chi connectivity index (χ3n) is 5.21. The molecule has 2 fully saturated rings. The number of halogens is 2. The average Bonchev–Trinajstić information content (AvgIpc) is 3.11. The van der Waals surface area contributed by atoms with E-state index in [1.54, 1.807) is 19.2 Å². The quantitative estimate of drug-likeness (QED) is 0.829. The monoisotopic (exact) mass is 387 g/mol. The van der Waals surface area contributed by atoms with Gasteiger partial charge in [-0.2, -0.15) is 5.26 Å². The zero-order chi connectivity index (χ0) is 16.2. The molecule has 1 aliphatic heterocycles. The normalized spacial score (nSPS) is 19.4. The van der Waals surface area contributed by atoms with Crippen molar-refractivity contribution in [1.82, 2.24) is 10.2 Å². The first-order chi connectivity index (χ1) is 11.3. The Morgan fingerprint density at radius 2 is 1.88 bits per heavy atom. The predicted octanol–water partition coefficient (Wildman–Crippen LogP) is 3.25. The Morgan fingerprint density at radius 1 is 1.24 bits per heavy atom. The van der Waals surface area contributed by atoms with E-state index in [1.807, 2.05) is 0 Å². The second-order valence-corrected chi connectivity index (χ2v) is 6.46. The van der Waals surface area contributed by atoms with Gasteiger partial charge in [-0.15, -0.1) is 24.8 Å². The fourth-order valence-electron chi connectivity index (χ4n) is 4.10. The minimum atomic E-state index is 0. The van der Waals surface area contributed by atoms with E-state index in [4.69, 9.17) is 4.74 Å². The zero-order valence-electron chi connectivity index (χ0n) is 14.5. The molecule has 25 heavy (non-hydrogen) atoms. The van der Waals surface area contributed by atoms with Gasteiger partial charge in [-0.25, -0.2) is 0 Å². The number of ether oxygens (including phenoxy) is 1. The highest BCUT2D eigenvalue weighted by Crippen LogP contribution is 2.46. The van der Waals surface area contributed by atoms with Crippen molar-refractivity contribution in [2.75, 3.05) is 33.3 Å². The van der Waals surface area contributed by atoms with Crippen molar-refractivity contribution in [2.24, 2.45) is 5.92 Å². The molecule has 0 amide bonds. The number of piperazine rings is 1. The Bertz CT molecular complexity index is 595. The molecule has 1 aromatic rings. The number of phenols is 1. The minimum absolute atomic E-state index is 0. The molecule has 1 aromatic carbocycles. The molecule has 0 aromatic heterocycles. The highest BCUT2D eigenvalue weighted by Gasteiger charge is 2.35. The minimum Gasteiger partial charge on any atom is -0.504 e. The molecule has 2 aliphatic rings. The molecule has 0 radical (unpaired) electrons. The van der Waals surface area contributed by atoms with Gasteiger partial charge in [-0.1, -0.05) is 12.8 Å². The van der Waals surface area contributed by atoms with Crippen LogP contribution in [0.4, 0.5) is 0 Å². The van der Waals surface area contributed by atoms with E-state index in [0.717, 1.165) is 44.6 Å². The number of hydrogen-bond donors (Lipinski definition) is 2. The lowest BCUT2D eigenvalue weighted by Gasteiger charge is -2.39. The van der Waals surface area contributed by atoms with Crippen LogP contribution < -0.4 is 10.1 Å². The van der Waals surface area contributed by atoms with Crippen LogP contribution in [0.15, 0.2) is 12.1 Å². The second-order valence-electron chi connectivity index (χ2n) is 6.46. The van der Waals surface area contributed by atoms with Crippen LogP contribution in [0.2, 0.25) is 0 Å². The molecule has 1 saturated carbocycles. The number of nitriles is 1. The number of rotatable bonds is 4. The Balaban J connectivity index is 0.00000156. The molecule has 1 heterocycles. The second kappa shape index (κ2) is 10.1. The van der Waals surface area contributed by atoms with Crippen LogP contribution in [0.1, 0.15) is 42.9 Å². The predicted molar refractivity (Wildman–Crippen MR) is 103 cm³/mol. The van der Waals surface area contributed by atoms with Gasteiger partial charge in [0.25, 0.3) is 0 Å². The van der Waals surface area contributed by atoms with Gasteiger partial charge in [-0.3, -0.25) is 4.90 Å². The lowest BCUT2D eigenvalue weighted by atomic mass is 9.86. The van der Waals surface area contributed by atoms with Crippen LogP contribution in [0.5, 0.6) is 11.5 Å². The molecule has 2 N–H and O–H groups in total. The van der Waals surface area contributed by atoms with Gasteiger partial charge in [0.15, 0.2) is 11.5 Å². The summed E-state index contributed by atoms with van der Waals surface area (Å²) in [6, 6.07) is 5.83. The maximum Gasteiger partial charge on any atom is 0.163 e. The number of benzene rings is 1. The third-order valence-corrected chi connectivity index (χ3v) is 5.21. The van der Waals surface area contributed by atoms with Crippen molar-refractivity contribution in [2.45, 2.75) is 31.7 Å². The van der Waals surface area contributed by atoms with Crippen molar-refractivity contribution in [3.63, 3.8) is 0 Å². The number of nitrogens with zero attached hydrogens (tertiary/aromatic N) is 2. The molecule has 1 atom stereocenters. The fourth-order valence-corrected chi connectivity index (χ4v) is 4.10. The fraction of sp³-hybridized carbons (Fsp3) is 0.611. The smallest absolute Gasteiger partial charge is 0.163 e. The maximum atomic E-state index is 10.7. The van der Waals surface area contributed by atoms with Crippen molar-refractivity contribution < 1.29 is 9.84 Å². The standard InChI is InChI=1S/C18H25N3O2.2ClH/c1-23-15-7-6-14(12-19)16(18(15)22)17(13-4-2-3-5-13)21-10-8-20-9-11-21;;/h6-7,13,17,20,22H,2-5,8-11H2,1H3;2*1H/t17-;;/m0../s1. The SMILES string of the molecule is COc1ccc(C#N)c([C@H](C2CCCC2)N2CCNCC2)c1O.Cl.Cl. The third kappa shape index (κ3) is 4.51. The highest BCUT2D eigenvalue weighted by atomic mass is 35.5. The van der Waals surface area contributed by atoms with Crippen LogP contribution in [-0.4, -0.2) is 43.3 Å². The van der Waals surface area contributed by atoms with Gasteiger partial charge in [0.1, 0.15) is 0 Å². The van der Waals surface area contributed by atoms with E-state index >= 15 is 0 Å². The summed E-state index contributed by atoms with van der Waals surface area (Å²) in [5.41, 5.74) is 1.33. The van der Waals surface area contributed by atoms with Crippen LogP contribution in [0.3, 0.4) is 0 Å². The highest BCUT2D eigenvalue weighted by molar-refractivity contribution is 5.85. The molecule has 7 heteroatoms. The van der Waals surface area contributed by atoms with E-state index in [9.17, 15) is 10.4 Å². The van der Waals surface area contributed by atoms with Crippen molar-refractivity contribution in [1.29, 1.82) is 5.26 Å². The Hall–Kier alpha value is -1.19. The van der Waals surface area contributed by atoms with E-state index in [-0.39, 0.29) is 36.6 Å². The molecule has 0 unspecified atom stereocenters. The molecule has 5 nitrogen and oxygen atoms in total. The largest absolute Gasteiger partial charge is 0.504 e. The Kier molecular flexibility index (Phi) is 8.81. The Morgan fingerprint density at radius 3 is 2.44 bits per heavy atom. The van der Waals surface area contributed by atoms with Crippen molar-refractivity contribution in [3.05, 3.63) is 23.3 Å². The lowest BCUT2D eigenvalue weighted by Crippen LogP contribution is -2.46. The summed E-state index contributed by atoms with van der Waals surface area (Å²) >= 11 is 0. The van der Waals surface area contributed by atoms with Gasteiger partial charge < -0.3 is 15.2 Å². The molecular formula is C18H27Cl2N3O2. The molecule has 140 valence electrons. The van der Waals surface area contributed by atoms with E-state index < -0.39 is 0 Å². The van der Waals surface area contributed by atoms with Gasteiger partial charge in [-0.05, 0) is 30.9 Å². The topological polar surface area (TPSA) is 68.5 Å². The number of phenolic OH excluding ortho intramolecular Hbond substituents is 1. The lowest BCUT2D eigenvalue weighted by molar-refractivity contribution is 0.122. The van der Waals surface area contributed by atoms with Crippen LogP contribution in [-0.2, 0) is 0 Å². The summed E-state index contributed by atoms with van der Waals surface area (Å²) in [7, 11) is 1.56. The van der Waals surface area contributed by atoms with Gasteiger partial charge >= 0.3 is 0 Å². The summed E-state index contributed by atoms with van der Waals surface area (Å²) in [4.78, 5) is 2.43. The van der Waals surface area contributed by atoms with Gasteiger partial charge in [0.2, 0.25) is 0 Å². The van der Waals surface area contributed by atoms with Gasteiger partial charge in [0, 0.05) is 37.8 Å². The van der Waals surface area contributed by atoms with E-state index in [2.05, 4.69) is 16.3 Å². The number of nitrogens with one attached hydrogen (secondary N) is 1. The van der Waals surface area contributed by atoms with Gasteiger partial charge in [0.05, 0.1) is 18.7 Å². The van der Waals surface area contributed by atoms with Crippen molar-refractivity contribution in [3.8, 4) is 17.6 Å². The summed E-state index contributed by atoms with van der Waals surface area (Å²) in [5, 5.41) is 23.7. The van der Waals surface area contributed by atoms with Crippen LogP contribution >= 0.6 is 24.8 Å². The van der Waals surface area contributed by atoms with E-state index in [0.29, 0.717) is 17.2 Å². The van der Waals surface area contributed by atoms with E-state index in [1.165, 1.54) is 12.8 Å². The van der Waals surface area contributed by atoms with Crippen molar-refractivity contribution >= 4 is 24.8 Å². The summed E-state index contributed by atoms with van der Waals surface area (Å²) in [5.74, 6) is 1.09. The first-order valence-corrected chi connectivity index (χ1v) is 8.51. The molecule has 0 spiro atoms. The summed E-state index contributed by atoms with van der Waals surface area (Å²) in [6.45, 7) is 3.80. The first-order valence-electron chi connectivity index (χ1n) is 8.51. The average molecular weight is 388 g/mol. The van der Waals surface area contributed by atoms with Crippen LogP contribution in [0.25, 0.3) is 0 Å². The number of aromatic hydroxyl groups is 1. The number of hydrogen-bond acceptors (Lipinski definition) is 5. The summed E-state index contributed by atoms with van der Waals surface area (Å²) < 4.78 is 5.30. The number of methoxy groups -OCH3 is 1. The molecule has 1 saturated heterocycles. The maximum absolute atomic E-state index is 10.7. The zero-order valence-corrected chi connectivity index (χ0v) is 16.2. The molecule has 1 aliphatic carbocycles. The summed E-state index contributed by atoms with van der Waals surface area (Å²) in [6.07, 6.45) is 4.80. The Labute approximate surface area is 162 Å². The molecule has 0 bridgehead atoms. The molecular weight excluding hydrogens is 361 g/mol.